The van der Waals surface area contributed by atoms with Gasteiger partial charge in [-0.15, -0.1) is 0 Å². The van der Waals surface area contributed by atoms with Crippen LogP contribution in [0.5, 0.6) is 11.8 Å². The lowest BCUT2D eigenvalue weighted by atomic mass is 10.1. The van der Waals surface area contributed by atoms with Crippen molar-refractivity contribution in [3.05, 3.63) is 24.0 Å². The molecule has 1 atom stereocenters. The Morgan fingerprint density at radius 1 is 1.09 bits per heavy atom. The van der Waals surface area contributed by atoms with E-state index < -0.39 is 5.82 Å². The highest BCUT2D eigenvalue weighted by molar-refractivity contribution is 5.59. The molecule has 180 valence electrons. The van der Waals surface area contributed by atoms with Crippen LogP contribution >= 0.6 is 0 Å². The number of likely N-dealkylation sites (N-methyl/N-ethyl adjacent to an activating group) is 1. The van der Waals surface area contributed by atoms with E-state index in [0.717, 1.165) is 51.6 Å². The molecule has 1 aromatic carbocycles. The molecule has 1 saturated carbocycles. The zero-order valence-electron chi connectivity index (χ0n) is 19.7. The minimum absolute atomic E-state index is 0.0828. The molecular formula is C24H35FN6O2. The number of halogens is 1. The number of aromatic nitrogens is 3. The lowest BCUT2D eigenvalue weighted by molar-refractivity contribution is 0.168. The van der Waals surface area contributed by atoms with E-state index in [1.807, 2.05) is 11.0 Å². The van der Waals surface area contributed by atoms with Crippen LogP contribution in [0.1, 0.15) is 58.3 Å². The van der Waals surface area contributed by atoms with Crippen molar-refractivity contribution in [2.24, 2.45) is 0 Å². The fraction of sp³-hybridized carbons (Fsp3) is 0.625. The Balaban J connectivity index is 1.65. The predicted octanol–water partition coefficient (Wildman–Crippen LogP) is 4.33. The van der Waals surface area contributed by atoms with Crippen LogP contribution in [-0.4, -0.2) is 58.7 Å². The number of rotatable bonds is 8. The van der Waals surface area contributed by atoms with E-state index in [1.165, 1.54) is 26.0 Å². The van der Waals surface area contributed by atoms with Crippen molar-refractivity contribution < 1.29 is 13.9 Å². The van der Waals surface area contributed by atoms with Crippen molar-refractivity contribution in [3.63, 3.8) is 0 Å². The minimum Gasteiger partial charge on any atom is -0.494 e. The first-order valence-electron chi connectivity index (χ1n) is 12.1. The smallest absolute Gasteiger partial charge is 0.323 e. The largest absolute Gasteiger partial charge is 0.494 e. The third kappa shape index (κ3) is 5.82. The van der Waals surface area contributed by atoms with Crippen molar-refractivity contribution in [3.8, 4) is 11.8 Å². The lowest BCUT2D eigenvalue weighted by Gasteiger charge is -2.30. The van der Waals surface area contributed by atoms with E-state index in [-0.39, 0.29) is 23.8 Å². The maximum absolute atomic E-state index is 14.6. The van der Waals surface area contributed by atoms with Crippen molar-refractivity contribution in [1.29, 1.82) is 0 Å². The van der Waals surface area contributed by atoms with Crippen LogP contribution in [0.4, 0.5) is 22.0 Å². The zero-order valence-corrected chi connectivity index (χ0v) is 19.7. The number of hydrogen-bond donors (Lipinski definition) is 1. The van der Waals surface area contributed by atoms with Crippen LogP contribution in [0.25, 0.3) is 0 Å². The van der Waals surface area contributed by atoms with Crippen LogP contribution in [0.15, 0.2) is 18.2 Å². The highest BCUT2D eigenvalue weighted by atomic mass is 19.1. The van der Waals surface area contributed by atoms with Crippen LogP contribution in [0.2, 0.25) is 0 Å². The van der Waals surface area contributed by atoms with Gasteiger partial charge in [-0.25, -0.2) is 4.39 Å². The van der Waals surface area contributed by atoms with Gasteiger partial charge in [0.25, 0.3) is 0 Å². The first-order chi connectivity index (χ1) is 16.1. The molecular weight excluding hydrogens is 423 g/mol. The van der Waals surface area contributed by atoms with Gasteiger partial charge in [0.05, 0.1) is 7.11 Å². The average molecular weight is 459 g/mol. The summed E-state index contributed by atoms with van der Waals surface area (Å²) in [4.78, 5) is 17.6. The molecule has 0 bridgehead atoms. The first-order valence-corrected chi connectivity index (χ1v) is 12.1. The lowest BCUT2D eigenvalue weighted by Crippen LogP contribution is -2.39. The second-order valence-corrected chi connectivity index (χ2v) is 8.86. The minimum atomic E-state index is -0.435. The van der Waals surface area contributed by atoms with Gasteiger partial charge in [-0.3, -0.25) is 4.90 Å². The Kier molecular flexibility index (Phi) is 7.80. The molecule has 1 aromatic heterocycles. The number of benzene rings is 1. The van der Waals surface area contributed by atoms with E-state index in [2.05, 4.69) is 26.8 Å². The number of nitrogens with two attached hydrogens (primary N) is 1. The summed E-state index contributed by atoms with van der Waals surface area (Å²) in [6.07, 6.45) is 9.01. The van der Waals surface area contributed by atoms with Gasteiger partial charge in [0, 0.05) is 24.3 Å². The molecule has 2 fully saturated rings. The third-order valence-corrected chi connectivity index (χ3v) is 6.68. The van der Waals surface area contributed by atoms with Crippen LogP contribution < -0.4 is 20.1 Å². The topological polar surface area (TPSA) is 89.6 Å². The van der Waals surface area contributed by atoms with Crippen LogP contribution in [-0.2, 0) is 0 Å². The van der Waals surface area contributed by atoms with Gasteiger partial charge in [0.15, 0.2) is 11.6 Å². The maximum atomic E-state index is 14.6. The number of nitrogens with zero attached hydrogens (tertiary/aromatic N) is 5. The molecule has 1 unspecified atom stereocenters. The molecule has 4 rings (SSSR count). The van der Waals surface area contributed by atoms with Crippen molar-refractivity contribution >= 4 is 17.6 Å². The molecule has 1 aliphatic carbocycles. The van der Waals surface area contributed by atoms with Crippen molar-refractivity contribution in [1.82, 2.24) is 19.9 Å². The van der Waals surface area contributed by atoms with Gasteiger partial charge in [-0.2, -0.15) is 15.0 Å². The fourth-order valence-electron chi connectivity index (χ4n) is 4.90. The van der Waals surface area contributed by atoms with Crippen LogP contribution in [0, 0.1) is 5.82 Å². The molecule has 1 saturated heterocycles. The summed E-state index contributed by atoms with van der Waals surface area (Å²) >= 11 is 0. The average Bonchev–Trinajstić information content (AvgIpc) is 3.11. The standard InChI is InChI=1S/C24H35FN6O2/c1-3-30-14-8-9-18(30)16-31(17-12-13-21(32-2)20(25)15-17)23-27-22(26)28-24(29-23)33-19-10-6-4-5-7-11-19/h12-13,15,18-19H,3-11,14,16H2,1-2H3,(H2,26,27,28,29). The summed E-state index contributed by atoms with van der Waals surface area (Å²) in [5, 5.41) is 0. The van der Waals surface area contributed by atoms with E-state index in [1.54, 1.807) is 6.07 Å². The molecule has 2 N–H and O–H groups in total. The molecule has 2 aromatic rings. The van der Waals surface area contributed by atoms with Gasteiger partial charge < -0.3 is 20.1 Å². The molecule has 8 nitrogen and oxygen atoms in total. The van der Waals surface area contributed by atoms with E-state index in [0.29, 0.717) is 24.2 Å². The predicted molar refractivity (Wildman–Crippen MR) is 127 cm³/mol. The maximum Gasteiger partial charge on any atom is 0.323 e. The second kappa shape index (κ2) is 11.0. The number of nitrogen functional groups attached to an aromatic ring is 1. The Hall–Kier alpha value is -2.68. The Bertz CT molecular complexity index is 922. The summed E-state index contributed by atoms with van der Waals surface area (Å²) in [7, 11) is 1.46. The molecule has 9 heteroatoms. The Morgan fingerprint density at radius 2 is 1.88 bits per heavy atom. The molecule has 0 radical (unpaired) electrons. The van der Waals surface area contributed by atoms with Crippen LogP contribution in [0.3, 0.4) is 0 Å². The second-order valence-electron chi connectivity index (χ2n) is 8.86. The van der Waals surface area contributed by atoms with Gasteiger partial charge in [-0.05, 0) is 63.7 Å². The zero-order chi connectivity index (χ0) is 23.2. The quantitative estimate of drug-likeness (QED) is 0.585. The molecule has 0 amide bonds. The monoisotopic (exact) mass is 458 g/mol. The molecule has 2 aliphatic rings. The number of hydrogen-bond acceptors (Lipinski definition) is 8. The van der Waals surface area contributed by atoms with Gasteiger partial charge in [-0.1, -0.05) is 19.8 Å². The van der Waals surface area contributed by atoms with Gasteiger partial charge in [0.1, 0.15) is 6.10 Å². The highest BCUT2D eigenvalue weighted by Gasteiger charge is 2.28. The molecule has 1 aliphatic heterocycles. The fourth-order valence-corrected chi connectivity index (χ4v) is 4.90. The van der Waals surface area contributed by atoms with Gasteiger partial charge in [0.2, 0.25) is 11.9 Å². The van der Waals surface area contributed by atoms with Crippen molar-refractivity contribution in [2.75, 3.05) is 37.4 Å². The molecule has 2 heterocycles. The SMILES string of the molecule is CCN1CCCC1CN(c1ccc(OC)c(F)c1)c1nc(N)nc(OC2CCCCCC2)n1. The number of anilines is 3. The Morgan fingerprint density at radius 3 is 2.58 bits per heavy atom. The normalized spacial score (nSPS) is 19.9. The van der Waals surface area contributed by atoms with E-state index in [4.69, 9.17) is 15.2 Å². The summed E-state index contributed by atoms with van der Waals surface area (Å²) in [6, 6.07) is 5.44. The number of methoxy groups -OCH3 is 1. The van der Waals surface area contributed by atoms with E-state index in [9.17, 15) is 4.39 Å². The summed E-state index contributed by atoms with van der Waals surface area (Å²) in [6.45, 7) is 4.80. The van der Waals surface area contributed by atoms with Gasteiger partial charge >= 0.3 is 6.01 Å². The third-order valence-electron chi connectivity index (χ3n) is 6.68. The Labute approximate surface area is 195 Å². The first kappa shape index (κ1) is 23.5. The summed E-state index contributed by atoms with van der Waals surface area (Å²) in [5.74, 6) is 0.234. The van der Waals surface area contributed by atoms with E-state index >= 15 is 0 Å². The number of ether oxygens (including phenoxy) is 2. The highest BCUT2D eigenvalue weighted by Crippen LogP contribution is 2.31. The summed E-state index contributed by atoms with van der Waals surface area (Å²) in [5.41, 5.74) is 6.72. The molecule has 0 spiro atoms. The molecule has 33 heavy (non-hydrogen) atoms. The number of likely N-dealkylation sites (tertiary alicyclic amines) is 1. The summed E-state index contributed by atoms with van der Waals surface area (Å²) < 4.78 is 25.9. The van der Waals surface area contributed by atoms with Crippen molar-refractivity contribution in [2.45, 2.75) is 70.4 Å².